The molecule has 34 heavy (non-hydrogen) atoms. The molecule has 186 valence electrons. The van der Waals surface area contributed by atoms with Gasteiger partial charge in [0, 0.05) is 17.5 Å². The summed E-state index contributed by atoms with van der Waals surface area (Å²) in [6, 6.07) is 9.03. The van der Waals surface area contributed by atoms with Crippen LogP contribution in [0.4, 0.5) is 0 Å². The molecule has 0 saturated carbocycles. The summed E-state index contributed by atoms with van der Waals surface area (Å²) in [5, 5.41) is 32.4. The first-order valence-electron chi connectivity index (χ1n) is 11.8. The first kappa shape index (κ1) is 27.0. The molecule has 0 aliphatic carbocycles. The second kappa shape index (κ2) is 11.3. The fourth-order valence-corrected chi connectivity index (χ4v) is 3.33. The Morgan fingerprint density at radius 3 is 2.32 bits per heavy atom. The number of nitrogens with zero attached hydrogens (tertiary/aromatic N) is 1. The van der Waals surface area contributed by atoms with E-state index in [1.54, 1.807) is 0 Å². The minimum Gasteiger partial charge on any atom is -0.504 e. The van der Waals surface area contributed by atoms with Crippen molar-refractivity contribution in [3.05, 3.63) is 47.0 Å². The van der Waals surface area contributed by atoms with E-state index in [0.29, 0.717) is 13.0 Å². The maximum absolute atomic E-state index is 12.1. The van der Waals surface area contributed by atoms with Gasteiger partial charge >= 0.3 is 0 Å². The number of carbonyl (C=O) groups excluding carboxylic acids is 1. The molecular formula is C27H38N2O5. The third-order valence-corrected chi connectivity index (χ3v) is 6.62. The summed E-state index contributed by atoms with van der Waals surface area (Å²) in [5.74, 6) is -1.03. The molecule has 7 nitrogen and oxygen atoms in total. The van der Waals surface area contributed by atoms with Gasteiger partial charge in [-0.25, -0.2) is 5.43 Å². The van der Waals surface area contributed by atoms with Gasteiger partial charge in [-0.2, -0.15) is 5.10 Å². The zero-order valence-corrected chi connectivity index (χ0v) is 21.1. The number of hydrogen-bond donors (Lipinski definition) is 4. The largest absolute Gasteiger partial charge is 0.504 e. The number of amides is 1. The predicted octanol–water partition coefficient (Wildman–Crippen LogP) is 5.49. The van der Waals surface area contributed by atoms with E-state index in [1.165, 1.54) is 29.5 Å². The third kappa shape index (κ3) is 6.65. The molecule has 2 aromatic carbocycles. The van der Waals surface area contributed by atoms with Crippen molar-refractivity contribution in [3.8, 4) is 23.0 Å². The summed E-state index contributed by atoms with van der Waals surface area (Å²) in [6.07, 6.45) is 3.96. The molecular weight excluding hydrogens is 432 g/mol. The van der Waals surface area contributed by atoms with Gasteiger partial charge in [-0.1, -0.05) is 53.7 Å². The Morgan fingerprint density at radius 2 is 1.68 bits per heavy atom. The van der Waals surface area contributed by atoms with Gasteiger partial charge in [-0.05, 0) is 53.9 Å². The van der Waals surface area contributed by atoms with Gasteiger partial charge in [0.25, 0.3) is 0 Å². The maximum Gasteiger partial charge on any atom is 0.240 e. The average Bonchev–Trinajstić information content (AvgIpc) is 2.81. The Bertz CT molecular complexity index is 1030. The van der Waals surface area contributed by atoms with E-state index in [1.807, 2.05) is 6.07 Å². The van der Waals surface area contributed by atoms with Gasteiger partial charge in [0.1, 0.15) is 5.75 Å². The Kier molecular flexibility index (Phi) is 8.96. The van der Waals surface area contributed by atoms with Crippen LogP contribution in [0.3, 0.4) is 0 Å². The lowest BCUT2D eigenvalue weighted by atomic mass is 9.76. The summed E-state index contributed by atoms with van der Waals surface area (Å²) in [5.41, 5.74) is 5.08. The van der Waals surface area contributed by atoms with Crippen LogP contribution in [0.1, 0.15) is 83.9 Å². The third-order valence-electron chi connectivity index (χ3n) is 6.62. The highest BCUT2D eigenvalue weighted by Gasteiger charge is 2.26. The van der Waals surface area contributed by atoms with Crippen molar-refractivity contribution < 1.29 is 24.9 Å². The molecule has 0 heterocycles. The highest BCUT2D eigenvalue weighted by molar-refractivity contribution is 5.86. The van der Waals surface area contributed by atoms with Gasteiger partial charge in [-0.15, -0.1) is 0 Å². The molecule has 0 radical (unpaired) electrons. The minimum atomic E-state index is -0.635. The summed E-state index contributed by atoms with van der Waals surface area (Å²) >= 11 is 0. The first-order valence-corrected chi connectivity index (χ1v) is 11.8. The van der Waals surface area contributed by atoms with Crippen LogP contribution in [0.5, 0.6) is 23.0 Å². The van der Waals surface area contributed by atoms with Crippen molar-refractivity contribution in [1.29, 1.82) is 0 Å². The fourth-order valence-electron chi connectivity index (χ4n) is 3.33. The Balaban J connectivity index is 1.95. The minimum absolute atomic E-state index is 0.0323. The van der Waals surface area contributed by atoms with E-state index < -0.39 is 17.2 Å². The lowest BCUT2D eigenvalue weighted by Crippen LogP contribution is -2.21. The van der Waals surface area contributed by atoms with Crippen molar-refractivity contribution in [3.63, 3.8) is 0 Å². The number of ether oxygens (including phenoxy) is 1. The number of phenols is 3. The highest BCUT2D eigenvalue weighted by Crippen LogP contribution is 2.38. The van der Waals surface area contributed by atoms with E-state index in [4.69, 9.17) is 4.74 Å². The number of rotatable bonds is 11. The Labute approximate surface area is 202 Å². The number of aromatic hydroxyl groups is 3. The molecule has 0 aliphatic rings. The van der Waals surface area contributed by atoms with Crippen molar-refractivity contribution in [2.75, 3.05) is 6.61 Å². The molecule has 0 aromatic heterocycles. The molecule has 2 aromatic rings. The molecule has 0 fully saturated rings. The van der Waals surface area contributed by atoms with Crippen molar-refractivity contribution in [1.82, 2.24) is 5.43 Å². The monoisotopic (exact) mass is 470 g/mol. The molecule has 0 aliphatic heterocycles. The smallest absolute Gasteiger partial charge is 0.240 e. The summed E-state index contributed by atoms with van der Waals surface area (Å²) in [4.78, 5) is 12.1. The standard InChI is InChI=1S/C27H38N2O5/c1-7-26(3,4)19-12-14-22(20(16-19)27(5,6)8-2)34-15-9-10-23(31)29-28-17-18-11-13-21(30)25(33)24(18)32/h11-14,16-17,30,32-33H,7-10,15H2,1-6H3,(H,29,31)/b28-17+. The van der Waals surface area contributed by atoms with E-state index in [0.717, 1.165) is 18.6 Å². The second-order valence-corrected chi connectivity index (χ2v) is 9.80. The van der Waals surface area contributed by atoms with Gasteiger partial charge in [0.15, 0.2) is 11.5 Å². The van der Waals surface area contributed by atoms with Gasteiger partial charge < -0.3 is 20.1 Å². The lowest BCUT2D eigenvalue weighted by molar-refractivity contribution is -0.121. The molecule has 0 unspecified atom stereocenters. The second-order valence-electron chi connectivity index (χ2n) is 9.80. The molecule has 1 amide bonds. The molecule has 2 rings (SSSR count). The van der Waals surface area contributed by atoms with Crippen LogP contribution in [0.25, 0.3) is 0 Å². The molecule has 0 spiro atoms. The van der Waals surface area contributed by atoms with Crippen LogP contribution in [0.2, 0.25) is 0 Å². The number of phenolic OH excluding ortho intramolecular Hbond substituents is 3. The normalized spacial score (nSPS) is 12.2. The summed E-state index contributed by atoms with van der Waals surface area (Å²) < 4.78 is 6.09. The first-order chi connectivity index (χ1) is 15.9. The molecule has 4 N–H and O–H groups in total. The number of benzene rings is 2. The van der Waals surface area contributed by atoms with Crippen molar-refractivity contribution >= 4 is 12.1 Å². The van der Waals surface area contributed by atoms with E-state index in [9.17, 15) is 20.1 Å². The number of hydrogen-bond acceptors (Lipinski definition) is 6. The zero-order valence-electron chi connectivity index (χ0n) is 21.1. The van der Waals surface area contributed by atoms with Gasteiger partial charge in [0.05, 0.1) is 12.8 Å². The Morgan fingerprint density at radius 1 is 1.00 bits per heavy atom. The lowest BCUT2D eigenvalue weighted by Gasteiger charge is -2.30. The number of nitrogens with one attached hydrogen (secondary N) is 1. The van der Waals surface area contributed by atoms with E-state index >= 15 is 0 Å². The zero-order chi connectivity index (χ0) is 25.5. The van der Waals surface area contributed by atoms with Crippen LogP contribution in [0.15, 0.2) is 35.4 Å². The van der Waals surface area contributed by atoms with Crippen LogP contribution >= 0.6 is 0 Å². The number of carbonyl (C=O) groups is 1. The van der Waals surface area contributed by atoms with Crippen molar-refractivity contribution in [2.45, 2.75) is 78.1 Å². The van der Waals surface area contributed by atoms with Crippen LogP contribution in [-0.4, -0.2) is 34.0 Å². The van der Waals surface area contributed by atoms with Crippen molar-refractivity contribution in [2.24, 2.45) is 5.10 Å². The van der Waals surface area contributed by atoms with Gasteiger partial charge in [0.2, 0.25) is 11.7 Å². The van der Waals surface area contributed by atoms with E-state index in [-0.39, 0.29) is 28.7 Å². The maximum atomic E-state index is 12.1. The SMILES string of the molecule is CCC(C)(C)c1ccc(OCCCC(=O)N/N=C/c2ccc(O)c(O)c2O)c(C(C)(C)CC)c1. The molecule has 0 atom stereocenters. The fraction of sp³-hybridized carbons (Fsp3) is 0.481. The molecule has 7 heteroatoms. The topological polar surface area (TPSA) is 111 Å². The predicted molar refractivity (Wildman–Crippen MR) is 135 cm³/mol. The van der Waals surface area contributed by atoms with Crippen LogP contribution in [0, 0.1) is 0 Å². The van der Waals surface area contributed by atoms with Gasteiger partial charge in [-0.3, -0.25) is 4.79 Å². The quantitative estimate of drug-likeness (QED) is 0.150. The highest BCUT2D eigenvalue weighted by atomic mass is 16.5. The summed E-state index contributed by atoms with van der Waals surface area (Å²) in [6.45, 7) is 13.7. The van der Waals surface area contributed by atoms with Crippen LogP contribution < -0.4 is 10.2 Å². The average molecular weight is 471 g/mol. The Hall–Kier alpha value is -3.22. The van der Waals surface area contributed by atoms with Crippen LogP contribution in [-0.2, 0) is 15.6 Å². The molecule has 0 bridgehead atoms. The number of hydrazone groups is 1. The summed E-state index contributed by atoms with van der Waals surface area (Å²) in [7, 11) is 0. The molecule has 0 saturated heterocycles. The van der Waals surface area contributed by atoms with E-state index in [2.05, 4.69) is 64.2 Å².